The summed E-state index contributed by atoms with van der Waals surface area (Å²) in [4.78, 5) is 0. The fourth-order valence-corrected chi connectivity index (χ4v) is 0. The summed E-state index contributed by atoms with van der Waals surface area (Å²) in [5.41, 5.74) is 0. The van der Waals surface area contributed by atoms with E-state index in [0.717, 1.165) is 0 Å². The number of halogens is 2. The van der Waals surface area contributed by atoms with Crippen molar-refractivity contribution in [2.24, 2.45) is 0 Å². The molecule has 0 amide bonds. The molecular formula is C4H4F2. The van der Waals surface area contributed by atoms with Crippen molar-refractivity contribution in [1.29, 1.82) is 0 Å². The fraction of sp³-hybridized carbons (Fsp3) is 0.500. The summed E-state index contributed by atoms with van der Waals surface area (Å²) in [5, 5.41) is 0. The Labute approximate surface area is 35.2 Å². The Morgan fingerprint density at radius 2 is 1.83 bits per heavy atom. The van der Waals surface area contributed by atoms with Crippen LogP contribution in [0.2, 0.25) is 0 Å². The van der Waals surface area contributed by atoms with Crippen LogP contribution < -0.4 is 0 Å². The van der Waals surface area contributed by atoms with Gasteiger partial charge in [0.15, 0.2) is 0 Å². The van der Waals surface area contributed by atoms with Crippen LogP contribution in [0.4, 0.5) is 8.78 Å². The molecule has 0 saturated carbocycles. The first-order valence-corrected chi connectivity index (χ1v) is 1.42. The Morgan fingerprint density at radius 3 is 1.83 bits per heavy atom. The molecule has 0 aliphatic carbocycles. The topological polar surface area (TPSA) is 0 Å². The van der Waals surface area contributed by atoms with Gasteiger partial charge in [0.1, 0.15) is 0 Å². The minimum Gasteiger partial charge on any atom is -0.192 e. The van der Waals surface area contributed by atoms with Crippen LogP contribution in [-0.4, -0.2) is 5.92 Å². The summed E-state index contributed by atoms with van der Waals surface area (Å²) >= 11 is 0. The van der Waals surface area contributed by atoms with Gasteiger partial charge in [0.25, 0.3) is 0 Å². The van der Waals surface area contributed by atoms with Gasteiger partial charge in [-0.05, 0) is 5.92 Å². The third-order valence-corrected chi connectivity index (χ3v) is 0.253. The van der Waals surface area contributed by atoms with Gasteiger partial charge in [-0.15, -0.1) is 6.42 Å². The lowest BCUT2D eigenvalue weighted by Gasteiger charge is -1.93. The van der Waals surface area contributed by atoms with Crippen molar-refractivity contribution < 1.29 is 8.78 Å². The van der Waals surface area contributed by atoms with Crippen molar-refractivity contribution in [3.8, 4) is 12.3 Å². The van der Waals surface area contributed by atoms with Gasteiger partial charge in [0.05, 0.1) is 0 Å². The van der Waals surface area contributed by atoms with E-state index in [2.05, 4.69) is 6.42 Å². The summed E-state index contributed by atoms with van der Waals surface area (Å²) < 4.78 is 22.4. The van der Waals surface area contributed by atoms with Gasteiger partial charge in [0, 0.05) is 6.92 Å². The smallest absolute Gasteiger partial charge is 0.192 e. The maximum Gasteiger partial charge on any atom is 0.305 e. The molecule has 0 bridgehead atoms. The van der Waals surface area contributed by atoms with E-state index in [0.29, 0.717) is 6.92 Å². The molecule has 0 heterocycles. The number of rotatable bonds is 0. The Balaban J connectivity index is 3.55. The van der Waals surface area contributed by atoms with E-state index in [1.807, 2.05) is 0 Å². The first-order chi connectivity index (χ1) is 2.56. The second-order valence-electron chi connectivity index (χ2n) is 1.03. The Kier molecular flexibility index (Phi) is 1.13. The normalized spacial score (nSPS) is 10.3. The highest BCUT2D eigenvalue weighted by atomic mass is 19.3. The predicted octanol–water partition coefficient (Wildman–Crippen LogP) is 1.27. The summed E-state index contributed by atoms with van der Waals surface area (Å²) in [7, 11) is 0. The molecule has 0 fully saturated rings. The Hall–Kier alpha value is -0.580. The molecule has 0 aliphatic rings. The van der Waals surface area contributed by atoms with E-state index < -0.39 is 5.92 Å². The minimum absolute atomic E-state index is 0.674. The average Bonchev–Trinajstić information content (AvgIpc) is 1.35. The van der Waals surface area contributed by atoms with Crippen LogP contribution in [0.3, 0.4) is 0 Å². The van der Waals surface area contributed by atoms with Gasteiger partial charge in [-0.25, -0.2) is 0 Å². The summed E-state index contributed by atoms with van der Waals surface area (Å²) in [6, 6.07) is 0. The van der Waals surface area contributed by atoms with Crippen molar-refractivity contribution in [3.63, 3.8) is 0 Å². The van der Waals surface area contributed by atoms with Crippen molar-refractivity contribution in [2.75, 3.05) is 0 Å². The van der Waals surface area contributed by atoms with Crippen LogP contribution in [0.25, 0.3) is 0 Å². The summed E-state index contributed by atoms with van der Waals surface area (Å²) in [6.07, 6.45) is 4.31. The van der Waals surface area contributed by atoms with Crippen molar-refractivity contribution >= 4 is 0 Å². The van der Waals surface area contributed by atoms with Crippen molar-refractivity contribution in [3.05, 3.63) is 0 Å². The maximum atomic E-state index is 11.2. The molecule has 0 radical (unpaired) electrons. The van der Waals surface area contributed by atoms with E-state index in [9.17, 15) is 8.78 Å². The van der Waals surface area contributed by atoms with E-state index in [1.165, 1.54) is 5.92 Å². The molecule has 0 unspecified atom stereocenters. The van der Waals surface area contributed by atoms with Crippen LogP contribution in [-0.2, 0) is 0 Å². The Bertz CT molecular complexity index is 72.5. The van der Waals surface area contributed by atoms with Crippen LogP contribution in [0.5, 0.6) is 0 Å². The summed E-state index contributed by atoms with van der Waals surface area (Å²) in [6.45, 7) is 0.674. The van der Waals surface area contributed by atoms with Gasteiger partial charge < -0.3 is 0 Å². The molecule has 6 heavy (non-hydrogen) atoms. The van der Waals surface area contributed by atoms with Gasteiger partial charge in [-0.1, -0.05) is 0 Å². The number of alkyl halides is 2. The lowest BCUT2D eigenvalue weighted by molar-refractivity contribution is 0.0891. The van der Waals surface area contributed by atoms with E-state index in [4.69, 9.17) is 0 Å². The fourth-order valence-electron chi connectivity index (χ4n) is 0. The number of hydrogen-bond acceptors (Lipinski definition) is 0. The second kappa shape index (κ2) is 1.25. The third kappa shape index (κ3) is 3.42. The predicted molar refractivity (Wildman–Crippen MR) is 19.5 cm³/mol. The lowest BCUT2D eigenvalue weighted by Crippen LogP contribution is -2.02. The molecule has 0 N–H and O–H groups in total. The van der Waals surface area contributed by atoms with Crippen LogP contribution in [0.1, 0.15) is 6.92 Å². The SMILES string of the molecule is C#CC(C)(F)F. The zero-order chi connectivity index (χ0) is 5.21. The third-order valence-electron chi connectivity index (χ3n) is 0.253. The number of hydrogen-bond donors (Lipinski definition) is 0. The Morgan fingerprint density at radius 1 is 1.67 bits per heavy atom. The van der Waals surface area contributed by atoms with Gasteiger partial charge in [-0.2, -0.15) is 8.78 Å². The zero-order valence-corrected chi connectivity index (χ0v) is 3.33. The summed E-state index contributed by atoms with van der Waals surface area (Å²) in [5.74, 6) is -1.66. The van der Waals surface area contributed by atoms with Crippen LogP contribution in [0, 0.1) is 12.3 Å². The van der Waals surface area contributed by atoms with E-state index in [1.54, 1.807) is 0 Å². The monoisotopic (exact) mass is 90.0 g/mol. The number of terminal acetylenes is 1. The molecule has 34 valence electrons. The molecule has 0 aromatic rings. The van der Waals surface area contributed by atoms with Gasteiger partial charge in [0.2, 0.25) is 0 Å². The van der Waals surface area contributed by atoms with Crippen molar-refractivity contribution in [1.82, 2.24) is 0 Å². The molecule has 0 saturated heterocycles. The van der Waals surface area contributed by atoms with Crippen molar-refractivity contribution in [2.45, 2.75) is 12.8 Å². The quantitative estimate of drug-likeness (QED) is 0.393. The van der Waals surface area contributed by atoms with Gasteiger partial charge >= 0.3 is 5.92 Å². The largest absolute Gasteiger partial charge is 0.305 e. The molecule has 2 heteroatoms. The molecular weight excluding hydrogens is 86.0 g/mol. The second-order valence-corrected chi connectivity index (χ2v) is 1.03. The molecule has 0 aromatic carbocycles. The van der Waals surface area contributed by atoms with Gasteiger partial charge in [-0.3, -0.25) is 0 Å². The molecule has 0 atom stereocenters. The molecule has 0 aliphatic heterocycles. The molecule has 0 spiro atoms. The average molecular weight is 90.1 g/mol. The van der Waals surface area contributed by atoms with Crippen LogP contribution >= 0.6 is 0 Å². The highest BCUT2D eigenvalue weighted by Crippen LogP contribution is 2.06. The maximum absolute atomic E-state index is 11.2. The van der Waals surface area contributed by atoms with Crippen LogP contribution in [0.15, 0.2) is 0 Å². The standard InChI is InChI=1S/C4H4F2/c1-3-4(2,5)6/h1H,2H3. The lowest BCUT2D eigenvalue weighted by atomic mass is 10.4. The first kappa shape index (κ1) is 5.42. The first-order valence-electron chi connectivity index (χ1n) is 1.42. The molecule has 0 aromatic heterocycles. The zero-order valence-electron chi connectivity index (χ0n) is 3.33. The minimum atomic E-state index is -2.93. The highest BCUT2D eigenvalue weighted by molar-refractivity contribution is 4.96. The molecule has 0 rings (SSSR count). The molecule has 0 nitrogen and oxygen atoms in total. The van der Waals surface area contributed by atoms with E-state index in [-0.39, 0.29) is 0 Å². The highest BCUT2D eigenvalue weighted by Gasteiger charge is 2.13. The van der Waals surface area contributed by atoms with E-state index >= 15 is 0 Å².